The summed E-state index contributed by atoms with van der Waals surface area (Å²) >= 11 is 0. The maximum absolute atomic E-state index is 9.86. The minimum Gasteiger partial charge on any atom is -0.508 e. The maximum atomic E-state index is 9.86. The molecule has 0 aliphatic heterocycles. The largest absolute Gasteiger partial charge is 0.508 e. The van der Waals surface area contributed by atoms with Gasteiger partial charge < -0.3 is 15.5 Å². The number of phenolic OH excluding ortho intramolecular Hbond substituents is 2. The Labute approximate surface area is 115 Å². The number of fused-ring (bicyclic) bond motifs is 1. The van der Waals surface area contributed by atoms with Crippen molar-refractivity contribution in [3.05, 3.63) is 48.2 Å². The Kier molecular flexibility index (Phi) is 2.95. The molecule has 1 heterocycles. The van der Waals surface area contributed by atoms with Gasteiger partial charge >= 0.3 is 0 Å². The summed E-state index contributed by atoms with van der Waals surface area (Å²) in [6.07, 6.45) is 1.77. The van der Waals surface area contributed by atoms with Crippen molar-refractivity contribution in [1.82, 2.24) is 10.2 Å². The van der Waals surface area contributed by atoms with Crippen LogP contribution in [-0.4, -0.2) is 20.4 Å². The number of hydrogen-bond donors (Lipinski definition) is 4. The molecule has 3 aromatic rings. The van der Waals surface area contributed by atoms with E-state index in [9.17, 15) is 10.2 Å². The predicted molar refractivity (Wildman–Crippen MR) is 77.9 cm³/mol. The van der Waals surface area contributed by atoms with Gasteiger partial charge in [-0.05, 0) is 37.3 Å². The molecule has 0 fully saturated rings. The topological polar surface area (TPSA) is 81.2 Å². The third-order valence-corrected chi connectivity index (χ3v) is 3.31. The molecular weight excluding hydrogens is 254 g/mol. The molecule has 0 bridgehead atoms. The summed E-state index contributed by atoms with van der Waals surface area (Å²) in [5.74, 6) is 0.130. The van der Waals surface area contributed by atoms with Crippen molar-refractivity contribution in [3.63, 3.8) is 0 Å². The normalized spacial score (nSPS) is 12.4. The lowest BCUT2D eigenvalue weighted by Crippen LogP contribution is -2.06. The minimum atomic E-state index is -0.0871. The Morgan fingerprint density at radius 2 is 2.00 bits per heavy atom. The van der Waals surface area contributed by atoms with Crippen LogP contribution in [0.5, 0.6) is 11.5 Å². The van der Waals surface area contributed by atoms with E-state index in [2.05, 4.69) is 15.5 Å². The van der Waals surface area contributed by atoms with Gasteiger partial charge in [0.25, 0.3) is 0 Å². The van der Waals surface area contributed by atoms with Gasteiger partial charge in [0.1, 0.15) is 11.5 Å². The predicted octanol–water partition coefficient (Wildman–Crippen LogP) is 3.15. The number of nitrogens with zero attached hydrogens (tertiary/aromatic N) is 1. The molecule has 3 rings (SSSR count). The molecule has 1 unspecified atom stereocenters. The first-order chi connectivity index (χ1) is 9.63. The lowest BCUT2D eigenvalue weighted by Gasteiger charge is -2.17. The summed E-state index contributed by atoms with van der Waals surface area (Å²) in [6, 6.07) is 10.4. The summed E-state index contributed by atoms with van der Waals surface area (Å²) in [7, 11) is 0. The second kappa shape index (κ2) is 4.77. The van der Waals surface area contributed by atoms with E-state index in [1.54, 1.807) is 18.3 Å². The molecule has 0 amide bonds. The van der Waals surface area contributed by atoms with Gasteiger partial charge in [0.05, 0.1) is 17.8 Å². The van der Waals surface area contributed by atoms with Gasteiger partial charge in [-0.3, -0.25) is 5.10 Å². The average Bonchev–Trinajstić information content (AvgIpc) is 2.85. The first kappa shape index (κ1) is 12.3. The molecule has 5 heteroatoms. The second-order valence-corrected chi connectivity index (χ2v) is 4.78. The Morgan fingerprint density at radius 3 is 2.80 bits per heavy atom. The molecule has 1 atom stereocenters. The molecular formula is C15H15N3O2. The van der Waals surface area contributed by atoms with Crippen LogP contribution in [0.4, 0.5) is 5.69 Å². The van der Waals surface area contributed by atoms with Crippen LogP contribution in [0.3, 0.4) is 0 Å². The number of aromatic amines is 1. The van der Waals surface area contributed by atoms with Crippen LogP contribution in [0, 0.1) is 0 Å². The van der Waals surface area contributed by atoms with E-state index >= 15 is 0 Å². The fourth-order valence-electron chi connectivity index (χ4n) is 2.25. The lowest BCUT2D eigenvalue weighted by molar-refractivity contribution is 0.444. The highest BCUT2D eigenvalue weighted by atomic mass is 16.3. The number of hydrogen-bond acceptors (Lipinski definition) is 4. The van der Waals surface area contributed by atoms with E-state index in [1.165, 1.54) is 6.07 Å². The number of aromatic nitrogens is 2. The van der Waals surface area contributed by atoms with Gasteiger partial charge in [0.15, 0.2) is 0 Å². The number of rotatable bonds is 3. The molecule has 2 aromatic carbocycles. The summed E-state index contributed by atoms with van der Waals surface area (Å²) in [5.41, 5.74) is 2.62. The van der Waals surface area contributed by atoms with Gasteiger partial charge in [-0.2, -0.15) is 5.10 Å². The molecule has 0 saturated heterocycles. The second-order valence-electron chi connectivity index (χ2n) is 4.78. The van der Waals surface area contributed by atoms with Gasteiger partial charge in [0.2, 0.25) is 0 Å². The van der Waals surface area contributed by atoms with Crippen molar-refractivity contribution in [3.8, 4) is 11.5 Å². The molecule has 0 spiro atoms. The molecule has 4 N–H and O–H groups in total. The molecule has 5 nitrogen and oxygen atoms in total. The SMILES string of the molecule is CC(Nc1ccc2cn[nH]c2c1)c1ccc(O)cc1O. The summed E-state index contributed by atoms with van der Waals surface area (Å²) in [5, 5.41) is 30.4. The van der Waals surface area contributed by atoms with E-state index in [0.29, 0.717) is 0 Å². The van der Waals surface area contributed by atoms with Crippen LogP contribution in [-0.2, 0) is 0 Å². The molecule has 0 aliphatic carbocycles. The number of nitrogens with one attached hydrogen (secondary N) is 2. The van der Waals surface area contributed by atoms with Crippen LogP contribution in [0.1, 0.15) is 18.5 Å². The highest BCUT2D eigenvalue weighted by molar-refractivity contribution is 5.81. The van der Waals surface area contributed by atoms with Crippen LogP contribution in [0.15, 0.2) is 42.6 Å². The monoisotopic (exact) mass is 269 g/mol. The number of anilines is 1. The first-order valence-electron chi connectivity index (χ1n) is 6.35. The zero-order valence-electron chi connectivity index (χ0n) is 11.0. The van der Waals surface area contributed by atoms with Crippen molar-refractivity contribution < 1.29 is 10.2 Å². The quantitative estimate of drug-likeness (QED) is 0.589. The zero-order valence-corrected chi connectivity index (χ0v) is 11.0. The number of H-pyrrole nitrogens is 1. The third kappa shape index (κ3) is 2.25. The number of phenols is 2. The van der Waals surface area contributed by atoms with Gasteiger partial charge in [-0.15, -0.1) is 0 Å². The van der Waals surface area contributed by atoms with Crippen molar-refractivity contribution in [2.24, 2.45) is 0 Å². The Morgan fingerprint density at radius 1 is 1.15 bits per heavy atom. The highest BCUT2D eigenvalue weighted by Gasteiger charge is 2.11. The van der Waals surface area contributed by atoms with Crippen LogP contribution < -0.4 is 5.32 Å². The van der Waals surface area contributed by atoms with Gasteiger partial charge in [-0.25, -0.2) is 0 Å². The summed E-state index contributed by atoms with van der Waals surface area (Å²) < 4.78 is 0. The summed E-state index contributed by atoms with van der Waals surface area (Å²) in [6.45, 7) is 1.95. The lowest BCUT2D eigenvalue weighted by atomic mass is 10.1. The molecule has 102 valence electrons. The Hall–Kier alpha value is -2.69. The molecule has 0 aliphatic rings. The van der Waals surface area contributed by atoms with Gasteiger partial charge in [0, 0.05) is 22.7 Å². The van der Waals surface area contributed by atoms with Crippen molar-refractivity contribution >= 4 is 16.6 Å². The van der Waals surface area contributed by atoms with Crippen LogP contribution >= 0.6 is 0 Å². The van der Waals surface area contributed by atoms with Crippen LogP contribution in [0.2, 0.25) is 0 Å². The molecule has 0 radical (unpaired) electrons. The summed E-state index contributed by atoms with van der Waals surface area (Å²) in [4.78, 5) is 0. The van der Waals surface area contributed by atoms with Gasteiger partial charge in [-0.1, -0.05) is 0 Å². The van der Waals surface area contributed by atoms with Crippen LogP contribution in [0.25, 0.3) is 10.9 Å². The smallest absolute Gasteiger partial charge is 0.124 e. The average molecular weight is 269 g/mol. The highest BCUT2D eigenvalue weighted by Crippen LogP contribution is 2.30. The van der Waals surface area contributed by atoms with E-state index < -0.39 is 0 Å². The minimum absolute atomic E-state index is 0.0531. The third-order valence-electron chi connectivity index (χ3n) is 3.31. The molecule has 1 aromatic heterocycles. The van der Waals surface area contributed by atoms with E-state index in [4.69, 9.17) is 0 Å². The van der Waals surface area contributed by atoms with Crippen molar-refractivity contribution in [2.45, 2.75) is 13.0 Å². The number of aromatic hydroxyl groups is 2. The van der Waals surface area contributed by atoms with E-state index in [-0.39, 0.29) is 17.5 Å². The zero-order chi connectivity index (χ0) is 14.1. The Balaban J connectivity index is 1.85. The van der Waals surface area contributed by atoms with E-state index in [0.717, 1.165) is 22.2 Å². The van der Waals surface area contributed by atoms with Crippen molar-refractivity contribution in [1.29, 1.82) is 0 Å². The molecule has 20 heavy (non-hydrogen) atoms. The maximum Gasteiger partial charge on any atom is 0.124 e. The standard InChI is InChI=1S/C15H15N3O2/c1-9(13-5-4-12(19)7-15(13)20)17-11-3-2-10-8-16-18-14(10)6-11/h2-9,17,19-20H,1H3,(H,16,18). The Bertz CT molecular complexity index is 752. The van der Waals surface area contributed by atoms with E-state index in [1.807, 2.05) is 25.1 Å². The fraction of sp³-hybridized carbons (Fsp3) is 0.133. The molecule has 0 saturated carbocycles. The fourth-order valence-corrected chi connectivity index (χ4v) is 2.25. The number of benzene rings is 2. The van der Waals surface area contributed by atoms with Crippen molar-refractivity contribution in [2.75, 3.05) is 5.32 Å². The first-order valence-corrected chi connectivity index (χ1v) is 6.35.